The molecule has 1 amide bonds. The van der Waals surface area contributed by atoms with Gasteiger partial charge >= 0.3 is 6.61 Å². The fourth-order valence-electron chi connectivity index (χ4n) is 2.42. The maximum absolute atomic E-state index is 12.4. The Kier molecular flexibility index (Phi) is 4.33. The van der Waals surface area contributed by atoms with Crippen molar-refractivity contribution in [3.05, 3.63) is 40.4 Å². The number of alkyl halides is 2. The van der Waals surface area contributed by atoms with E-state index in [0.717, 1.165) is 31.4 Å². The van der Waals surface area contributed by atoms with Gasteiger partial charge in [-0.3, -0.25) is 10.1 Å². The Morgan fingerprint density at radius 3 is 2.82 bits per heavy atom. The van der Waals surface area contributed by atoms with Gasteiger partial charge in [-0.1, -0.05) is 12.1 Å². The van der Waals surface area contributed by atoms with Crippen molar-refractivity contribution in [3.63, 3.8) is 0 Å². The molecular formula is C15H14F2N2O2S. The number of anilines is 1. The number of carbonyl (C=O) groups is 1. The predicted molar refractivity (Wildman–Crippen MR) is 79.8 cm³/mol. The van der Waals surface area contributed by atoms with Crippen molar-refractivity contribution in [3.8, 4) is 5.75 Å². The van der Waals surface area contributed by atoms with Crippen LogP contribution in [0.1, 0.15) is 33.8 Å². The number of hydrogen-bond acceptors (Lipinski definition) is 4. The highest BCUT2D eigenvalue weighted by Crippen LogP contribution is 2.30. The second kappa shape index (κ2) is 6.39. The lowest BCUT2D eigenvalue weighted by atomic mass is 10.0. The van der Waals surface area contributed by atoms with Crippen LogP contribution < -0.4 is 10.1 Å². The first-order valence-corrected chi connectivity index (χ1v) is 7.79. The lowest BCUT2D eigenvalue weighted by molar-refractivity contribution is -0.0501. The first-order valence-electron chi connectivity index (χ1n) is 6.97. The molecule has 1 aromatic carbocycles. The van der Waals surface area contributed by atoms with Crippen LogP contribution in [-0.4, -0.2) is 17.5 Å². The Bertz CT molecular complexity index is 664. The second-order valence-electron chi connectivity index (χ2n) is 4.92. The molecule has 1 N–H and O–H groups in total. The molecule has 116 valence electrons. The molecule has 2 aromatic rings. The fraction of sp³-hybridized carbons (Fsp3) is 0.333. The normalized spacial score (nSPS) is 13.8. The summed E-state index contributed by atoms with van der Waals surface area (Å²) in [7, 11) is 0. The van der Waals surface area contributed by atoms with Crippen LogP contribution in [0, 0.1) is 0 Å². The molecule has 0 fully saturated rings. The molecule has 0 saturated heterocycles. The largest absolute Gasteiger partial charge is 0.434 e. The van der Waals surface area contributed by atoms with Gasteiger partial charge in [0.15, 0.2) is 5.13 Å². The van der Waals surface area contributed by atoms with E-state index in [1.165, 1.54) is 34.4 Å². The number of para-hydroxylation sites is 1. The minimum atomic E-state index is -2.97. The van der Waals surface area contributed by atoms with Crippen molar-refractivity contribution in [2.45, 2.75) is 32.3 Å². The van der Waals surface area contributed by atoms with Crippen LogP contribution in [-0.2, 0) is 12.8 Å². The number of amides is 1. The molecule has 0 radical (unpaired) electrons. The third-order valence-corrected chi connectivity index (χ3v) is 4.49. The number of benzene rings is 1. The molecule has 1 aliphatic carbocycles. The molecule has 1 aliphatic rings. The molecule has 0 spiro atoms. The molecule has 0 bridgehead atoms. The maximum Gasteiger partial charge on any atom is 0.387 e. The Labute approximate surface area is 130 Å². The number of fused-ring (bicyclic) bond motifs is 1. The van der Waals surface area contributed by atoms with Gasteiger partial charge in [-0.15, -0.1) is 11.3 Å². The predicted octanol–water partition coefficient (Wildman–Crippen LogP) is 3.88. The van der Waals surface area contributed by atoms with E-state index in [1.807, 2.05) is 0 Å². The molecule has 1 aromatic heterocycles. The molecule has 4 nitrogen and oxygen atoms in total. The van der Waals surface area contributed by atoms with Crippen LogP contribution in [0.4, 0.5) is 13.9 Å². The van der Waals surface area contributed by atoms with E-state index in [-0.39, 0.29) is 11.3 Å². The highest BCUT2D eigenvalue weighted by atomic mass is 32.1. The van der Waals surface area contributed by atoms with Gasteiger partial charge in [-0.05, 0) is 37.8 Å². The second-order valence-corrected chi connectivity index (χ2v) is 6.01. The molecular weight excluding hydrogens is 310 g/mol. The SMILES string of the molecule is O=C(Nc1nc2c(s1)CCCC2)c1ccccc1OC(F)F. The van der Waals surface area contributed by atoms with Crippen LogP contribution >= 0.6 is 11.3 Å². The quantitative estimate of drug-likeness (QED) is 0.928. The molecule has 7 heteroatoms. The van der Waals surface area contributed by atoms with Crippen molar-refractivity contribution >= 4 is 22.4 Å². The summed E-state index contributed by atoms with van der Waals surface area (Å²) in [5.41, 5.74) is 1.10. The molecule has 0 atom stereocenters. The average Bonchev–Trinajstić information content (AvgIpc) is 2.89. The smallest absolute Gasteiger partial charge is 0.387 e. The maximum atomic E-state index is 12.4. The summed E-state index contributed by atoms with van der Waals surface area (Å²) in [6, 6.07) is 5.92. The van der Waals surface area contributed by atoms with Crippen molar-refractivity contribution in [2.75, 3.05) is 5.32 Å². The molecule has 0 unspecified atom stereocenters. The molecule has 0 saturated carbocycles. The van der Waals surface area contributed by atoms with Crippen LogP contribution in [0.25, 0.3) is 0 Å². The number of thiazole rings is 1. The van der Waals surface area contributed by atoms with E-state index in [0.29, 0.717) is 5.13 Å². The molecule has 3 rings (SSSR count). The average molecular weight is 324 g/mol. The Balaban J connectivity index is 1.78. The number of aromatic nitrogens is 1. The summed E-state index contributed by atoms with van der Waals surface area (Å²) in [4.78, 5) is 17.9. The van der Waals surface area contributed by atoms with Crippen molar-refractivity contribution < 1.29 is 18.3 Å². The number of ether oxygens (including phenoxy) is 1. The number of hydrogen-bond donors (Lipinski definition) is 1. The van der Waals surface area contributed by atoms with Crippen molar-refractivity contribution in [2.24, 2.45) is 0 Å². The lowest BCUT2D eigenvalue weighted by Crippen LogP contribution is -2.14. The van der Waals surface area contributed by atoms with Gasteiger partial charge in [0.2, 0.25) is 0 Å². The zero-order valence-electron chi connectivity index (χ0n) is 11.6. The number of aryl methyl sites for hydroxylation is 2. The molecule has 1 heterocycles. The van der Waals surface area contributed by atoms with Crippen LogP contribution in [0.3, 0.4) is 0 Å². The van der Waals surface area contributed by atoms with Gasteiger partial charge in [0.1, 0.15) is 5.75 Å². The Hall–Kier alpha value is -2.02. The highest BCUT2D eigenvalue weighted by molar-refractivity contribution is 7.15. The summed E-state index contributed by atoms with van der Waals surface area (Å²) in [5, 5.41) is 3.18. The van der Waals surface area contributed by atoms with E-state index in [9.17, 15) is 13.6 Å². The van der Waals surface area contributed by atoms with Crippen molar-refractivity contribution in [1.82, 2.24) is 4.98 Å². The van der Waals surface area contributed by atoms with Gasteiger partial charge in [-0.25, -0.2) is 4.98 Å². The molecule has 0 aliphatic heterocycles. The number of halogens is 2. The van der Waals surface area contributed by atoms with Gasteiger partial charge in [0, 0.05) is 4.88 Å². The van der Waals surface area contributed by atoms with Crippen LogP contribution in [0.2, 0.25) is 0 Å². The third-order valence-electron chi connectivity index (χ3n) is 3.41. The summed E-state index contributed by atoms with van der Waals surface area (Å²) < 4.78 is 29.1. The topological polar surface area (TPSA) is 51.2 Å². The van der Waals surface area contributed by atoms with E-state index >= 15 is 0 Å². The summed E-state index contributed by atoms with van der Waals surface area (Å²) in [6.45, 7) is -2.97. The van der Waals surface area contributed by atoms with Gasteiger partial charge < -0.3 is 4.74 Å². The first-order chi connectivity index (χ1) is 10.6. The minimum Gasteiger partial charge on any atom is -0.434 e. The lowest BCUT2D eigenvalue weighted by Gasteiger charge is -2.09. The zero-order valence-corrected chi connectivity index (χ0v) is 12.5. The van der Waals surface area contributed by atoms with E-state index < -0.39 is 12.5 Å². The van der Waals surface area contributed by atoms with Crippen LogP contribution in [0.5, 0.6) is 5.75 Å². The van der Waals surface area contributed by atoms with Crippen LogP contribution in [0.15, 0.2) is 24.3 Å². The Morgan fingerprint density at radius 1 is 1.27 bits per heavy atom. The Morgan fingerprint density at radius 2 is 2.05 bits per heavy atom. The van der Waals surface area contributed by atoms with E-state index in [4.69, 9.17) is 0 Å². The summed E-state index contributed by atoms with van der Waals surface area (Å²) in [5.74, 6) is -0.640. The molecule has 22 heavy (non-hydrogen) atoms. The van der Waals surface area contributed by atoms with Crippen molar-refractivity contribution in [1.29, 1.82) is 0 Å². The number of nitrogens with zero attached hydrogens (tertiary/aromatic N) is 1. The van der Waals surface area contributed by atoms with Gasteiger partial charge in [0.25, 0.3) is 5.91 Å². The summed E-state index contributed by atoms with van der Waals surface area (Å²) in [6.07, 6.45) is 4.14. The zero-order chi connectivity index (χ0) is 15.5. The monoisotopic (exact) mass is 324 g/mol. The number of nitrogens with one attached hydrogen (secondary N) is 1. The van der Waals surface area contributed by atoms with E-state index in [2.05, 4.69) is 15.0 Å². The minimum absolute atomic E-state index is 0.0657. The van der Waals surface area contributed by atoms with E-state index in [1.54, 1.807) is 6.07 Å². The van der Waals surface area contributed by atoms with Gasteiger partial charge in [-0.2, -0.15) is 8.78 Å². The number of rotatable bonds is 4. The third kappa shape index (κ3) is 3.24. The first kappa shape index (κ1) is 14.9. The highest BCUT2D eigenvalue weighted by Gasteiger charge is 2.19. The fourth-order valence-corrected chi connectivity index (χ4v) is 3.47. The number of carbonyl (C=O) groups excluding carboxylic acids is 1. The summed E-state index contributed by atoms with van der Waals surface area (Å²) >= 11 is 1.45. The van der Waals surface area contributed by atoms with Gasteiger partial charge in [0.05, 0.1) is 11.3 Å². The standard InChI is InChI=1S/C15H14F2N2O2S/c16-14(17)21-11-7-3-1-5-9(11)13(20)19-15-18-10-6-2-4-8-12(10)22-15/h1,3,5,7,14H,2,4,6,8H2,(H,18,19,20).